The monoisotopic (exact) mass is 411 g/mol. The number of benzene rings is 1. The van der Waals surface area contributed by atoms with Crippen LogP contribution in [0.25, 0.3) is 5.70 Å². The third kappa shape index (κ3) is 4.26. The number of hydrogen-bond acceptors (Lipinski definition) is 5. The Bertz CT molecular complexity index is 904. The summed E-state index contributed by atoms with van der Waals surface area (Å²) in [5, 5.41) is 10.0. The topological polar surface area (TPSA) is 51.2 Å². The predicted octanol–water partition coefficient (Wildman–Crippen LogP) is 5.25. The van der Waals surface area contributed by atoms with Gasteiger partial charge in [-0.15, -0.1) is 0 Å². The lowest BCUT2D eigenvalue weighted by Crippen LogP contribution is -2.45. The molecule has 0 fully saturated rings. The van der Waals surface area contributed by atoms with Gasteiger partial charge in [-0.3, -0.25) is 0 Å². The Morgan fingerprint density at radius 2 is 1.93 bits per heavy atom. The average Bonchev–Trinajstić information content (AvgIpc) is 2.68. The van der Waals surface area contributed by atoms with Crippen LogP contribution in [-0.2, 0) is 11.2 Å². The maximum absolute atomic E-state index is 10.0. The van der Waals surface area contributed by atoms with Crippen molar-refractivity contribution in [2.75, 3.05) is 27.4 Å². The van der Waals surface area contributed by atoms with E-state index in [4.69, 9.17) is 14.2 Å². The van der Waals surface area contributed by atoms with Crippen molar-refractivity contribution < 1.29 is 19.3 Å². The number of allylic oxidation sites excluding steroid dienone is 2. The largest absolute Gasteiger partial charge is 0.508 e. The van der Waals surface area contributed by atoms with Gasteiger partial charge in [0.05, 0.1) is 13.7 Å². The quantitative estimate of drug-likeness (QED) is 0.491. The van der Waals surface area contributed by atoms with Gasteiger partial charge in [0.15, 0.2) is 11.5 Å². The second kappa shape index (κ2) is 8.60. The van der Waals surface area contributed by atoms with Crippen LogP contribution in [0.15, 0.2) is 54.5 Å². The van der Waals surface area contributed by atoms with E-state index >= 15 is 0 Å². The van der Waals surface area contributed by atoms with Crippen molar-refractivity contribution in [1.29, 1.82) is 0 Å². The lowest BCUT2D eigenvalue weighted by atomic mass is 9.76. The van der Waals surface area contributed by atoms with Gasteiger partial charge in [0.1, 0.15) is 5.76 Å². The average molecular weight is 412 g/mol. The van der Waals surface area contributed by atoms with E-state index in [-0.39, 0.29) is 17.2 Å². The molecule has 0 bridgehead atoms. The van der Waals surface area contributed by atoms with Gasteiger partial charge < -0.3 is 24.2 Å². The van der Waals surface area contributed by atoms with Crippen molar-refractivity contribution in [3.05, 3.63) is 65.6 Å². The van der Waals surface area contributed by atoms with Gasteiger partial charge in [0.2, 0.25) is 0 Å². The summed E-state index contributed by atoms with van der Waals surface area (Å²) in [6.45, 7) is 15.8. The van der Waals surface area contributed by atoms with Gasteiger partial charge in [-0.05, 0) is 41.2 Å². The fraction of sp³-hybridized carbons (Fsp3) is 0.440. The zero-order valence-corrected chi connectivity index (χ0v) is 18.7. The molecule has 2 heterocycles. The highest BCUT2D eigenvalue weighted by molar-refractivity contribution is 5.78. The molecule has 2 aliphatic rings. The van der Waals surface area contributed by atoms with E-state index in [0.717, 1.165) is 35.4 Å². The molecule has 1 aromatic carbocycles. The molecule has 0 saturated carbocycles. The molecule has 1 N–H and O–H groups in total. The maximum atomic E-state index is 10.0. The fourth-order valence-corrected chi connectivity index (χ4v) is 4.04. The summed E-state index contributed by atoms with van der Waals surface area (Å²) in [7, 11) is 3.35. The first-order chi connectivity index (χ1) is 14.2. The van der Waals surface area contributed by atoms with Crippen LogP contribution < -0.4 is 9.47 Å². The minimum atomic E-state index is 0.00721. The number of rotatable bonds is 7. The number of methoxy groups -OCH3 is 2. The smallest absolute Gasteiger partial charge is 0.161 e. The highest BCUT2D eigenvalue weighted by Crippen LogP contribution is 2.46. The number of aliphatic hydroxyl groups excluding tert-OH is 1. The number of nitrogens with zero attached hydrogens (tertiary/aromatic N) is 1. The maximum Gasteiger partial charge on any atom is 0.161 e. The molecule has 3 rings (SSSR count). The third-order valence-corrected chi connectivity index (χ3v) is 5.68. The van der Waals surface area contributed by atoms with Crippen LogP contribution in [-0.4, -0.2) is 43.5 Å². The molecule has 0 unspecified atom stereocenters. The first-order valence-corrected chi connectivity index (χ1v) is 10.3. The lowest BCUT2D eigenvalue weighted by molar-refractivity contribution is 0.170. The Balaban J connectivity index is 2.06. The summed E-state index contributed by atoms with van der Waals surface area (Å²) in [5.74, 6) is 1.49. The second-order valence-electron chi connectivity index (χ2n) is 8.89. The summed E-state index contributed by atoms with van der Waals surface area (Å²) in [6, 6.07) is 4.34. The minimum absolute atomic E-state index is 0.00721. The zero-order chi connectivity index (χ0) is 22.1. The van der Waals surface area contributed by atoms with Gasteiger partial charge >= 0.3 is 0 Å². The van der Waals surface area contributed by atoms with Crippen LogP contribution in [0.2, 0.25) is 0 Å². The minimum Gasteiger partial charge on any atom is -0.508 e. The van der Waals surface area contributed by atoms with Crippen molar-refractivity contribution >= 4 is 5.70 Å². The lowest BCUT2D eigenvalue weighted by Gasteiger charge is -2.46. The van der Waals surface area contributed by atoms with E-state index in [1.165, 1.54) is 5.56 Å². The molecule has 1 atom stereocenters. The molecule has 0 aromatic heterocycles. The van der Waals surface area contributed by atoms with E-state index in [1.807, 2.05) is 18.3 Å². The zero-order valence-electron chi connectivity index (χ0n) is 18.7. The van der Waals surface area contributed by atoms with E-state index in [2.05, 4.69) is 44.9 Å². The molecule has 2 aliphatic heterocycles. The van der Waals surface area contributed by atoms with Crippen LogP contribution >= 0.6 is 0 Å². The summed E-state index contributed by atoms with van der Waals surface area (Å²) >= 11 is 0. The van der Waals surface area contributed by atoms with Crippen LogP contribution in [0.3, 0.4) is 0 Å². The number of aliphatic hydroxyl groups is 1. The Morgan fingerprint density at radius 3 is 2.53 bits per heavy atom. The normalized spacial score (nSPS) is 18.2. The predicted molar refractivity (Wildman–Crippen MR) is 121 cm³/mol. The van der Waals surface area contributed by atoms with Crippen LogP contribution in [0.5, 0.6) is 11.5 Å². The highest BCUT2D eigenvalue weighted by atomic mass is 16.5. The van der Waals surface area contributed by atoms with Gasteiger partial charge in [-0.2, -0.15) is 0 Å². The molecule has 162 valence electrons. The molecule has 0 saturated heterocycles. The van der Waals surface area contributed by atoms with Crippen LogP contribution in [0.1, 0.15) is 38.3 Å². The van der Waals surface area contributed by atoms with Gasteiger partial charge in [-0.25, -0.2) is 0 Å². The Morgan fingerprint density at radius 1 is 1.20 bits per heavy atom. The number of fused-ring (bicyclic) bond motifs is 3. The third-order valence-electron chi connectivity index (χ3n) is 5.68. The van der Waals surface area contributed by atoms with Crippen molar-refractivity contribution in [1.82, 2.24) is 4.90 Å². The summed E-state index contributed by atoms with van der Waals surface area (Å²) in [5.41, 5.74) is 4.78. The Hall–Kier alpha value is -2.66. The molecule has 0 aliphatic carbocycles. The van der Waals surface area contributed by atoms with Gasteiger partial charge in [-0.1, -0.05) is 33.9 Å². The van der Waals surface area contributed by atoms with E-state index in [1.54, 1.807) is 14.2 Å². The van der Waals surface area contributed by atoms with Gasteiger partial charge in [0.25, 0.3) is 0 Å². The number of ether oxygens (including phenoxy) is 3. The number of hydrogen-bond donors (Lipinski definition) is 1. The van der Waals surface area contributed by atoms with Crippen LogP contribution in [0.4, 0.5) is 0 Å². The molecular formula is C25H33NO4. The van der Waals surface area contributed by atoms with Crippen molar-refractivity contribution in [3.63, 3.8) is 0 Å². The van der Waals surface area contributed by atoms with Crippen molar-refractivity contribution in [2.24, 2.45) is 5.41 Å². The molecule has 5 nitrogen and oxygen atoms in total. The van der Waals surface area contributed by atoms with Gasteiger partial charge in [0, 0.05) is 49.2 Å². The molecule has 30 heavy (non-hydrogen) atoms. The van der Waals surface area contributed by atoms with Crippen molar-refractivity contribution in [2.45, 2.75) is 39.7 Å². The molecule has 0 spiro atoms. The standard InChI is InChI=1S/C25H33NO4/c1-16-11-21-19-14-22(29-7)23(30-10-8-9-28-6)12-18(19)13-24(25(3,4)5)26(21)15-20(16)17(2)27/h11-12,14-15,24,27H,1-2,8-10,13H2,3-7H3/t24-/m0/s1. The Kier molecular flexibility index (Phi) is 6.32. The first-order valence-electron chi connectivity index (χ1n) is 10.3. The van der Waals surface area contributed by atoms with Crippen molar-refractivity contribution in [3.8, 4) is 11.5 Å². The summed E-state index contributed by atoms with van der Waals surface area (Å²) in [6.07, 6.45) is 5.66. The molecule has 0 radical (unpaired) electrons. The molecule has 0 amide bonds. The molecular weight excluding hydrogens is 378 g/mol. The highest BCUT2D eigenvalue weighted by Gasteiger charge is 2.38. The Labute approximate surface area is 179 Å². The fourth-order valence-electron chi connectivity index (χ4n) is 4.04. The first kappa shape index (κ1) is 22.0. The second-order valence-corrected chi connectivity index (χ2v) is 8.89. The van der Waals surface area contributed by atoms with Crippen LogP contribution in [0, 0.1) is 5.41 Å². The summed E-state index contributed by atoms with van der Waals surface area (Å²) in [4.78, 5) is 2.24. The van der Waals surface area contributed by atoms with E-state index < -0.39 is 0 Å². The van der Waals surface area contributed by atoms with E-state index in [9.17, 15) is 5.11 Å². The molecule has 5 heteroatoms. The van der Waals surface area contributed by atoms with E-state index in [0.29, 0.717) is 24.5 Å². The molecule has 1 aromatic rings. The summed E-state index contributed by atoms with van der Waals surface area (Å²) < 4.78 is 16.8. The SMILES string of the molecule is C=C(O)C1=CN2C(=CC1=C)c1cc(OC)c(OCCCOC)cc1C[C@H]2C(C)(C)C.